The highest BCUT2D eigenvalue weighted by Crippen LogP contribution is 2.27. The highest BCUT2D eigenvalue weighted by Gasteiger charge is 2.18. The van der Waals surface area contributed by atoms with Crippen molar-refractivity contribution in [3.63, 3.8) is 0 Å². The predicted molar refractivity (Wildman–Crippen MR) is 111 cm³/mol. The summed E-state index contributed by atoms with van der Waals surface area (Å²) in [6, 6.07) is 20.8. The van der Waals surface area contributed by atoms with Crippen LogP contribution in [0.2, 0.25) is 0 Å². The average molecular weight is 405 g/mol. The third-order valence-electron chi connectivity index (χ3n) is 4.38. The first-order valence-electron chi connectivity index (χ1n) is 9.06. The van der Waals surface area contributed by atoms with Crippen molar-refractivity contribution in [3.8, 4) is 17.1 Å². The second-order valence-corrected chi connectivity index (χ2v) is 7.19. The maximum Gasteiger partial charge on any atom is 0.192 e. The Bertz CT molecular complexity index is 1090. The Labute approximate surface area is 172 Å². The van der Waals surface area contributed by atoms with Crippen molar-refractivity contribution < 1.29 is 13.9 Å². The fourth-order valence-corrected chi connectivity index (χ4v) is 3.80. The first-order chi connectivity index (χ1) is 14.3. The summed E-state index contributed by atoms with van der Waals surface area (Å²) in [6.45, 7) is 0.482. The van der Waals surface area contributed by atoms with E-state index < -0.39 is 0 Å². The molecule has 0 radical (unpaired) electrons. The molecule has 6 nitrogen and oxygen atoms in total. The van der Waals surface area contributed by atoms with Crippen LogP contribution in [0.4, 0.5) is 0 Å². The van der Waals surface area contributed by atoms with Crippen molar-refractivity contribution in [3.05, 3.63) is 84.3 Å². The second-order valence-electron chi connectivity index (χ2n) is 6.25. The van der Waals surface area contributed by atoms with Crippen LogP contribution < -0.4 is 4.74 Å². The highest BCUT2D eigenvalue weighted by atomic mass is 32.2. The average Bonchev–Trinajstić information content (AvgIpc) is 3.43. The maximum absolute atomic E-state index is 12.7. The fraction of sp³-hybridized carbons (Fsp3) is 0.136. The van der Waals surface area contributed by atoms with E-state index in [2.05, 4.69) is 10.2 Å². The molecular formula is C22H19N3O3S. The van der Waals surface area contributed by atoms with E-state index in [1.54, 1.807) is 25.5 Å². The minimum atomic E-state index is -0.0266. The molecule has 0 atom stereocenters. The quantitative estimate of drug-likeness (QED) is 0.316. The normalized spacial score (nSPS) is 10.8. The first kappa shape index (κ1) is 19.0. The summed E-state index contributed by atoms with van der Waals surface area (Å²) in [4.78, 5) is 12.7. The van der Waals surface area contributed by atoms with E-state index in [1.165, 1.54) is 11.8 Å². The van der Waals surface area contributed by atoms with E-state index >= 15 is 0 Å². The van der Waals surface area contributed by atoms with Crippen LogP contribution in [0, 0.1) is 0 Å². The van der Waals surface area contributed by atoms with Gasteiger partial charge in [0.05, 0.1) is 31.2 Å². The van der Waals surface area contributed by atoms with Crippen molar-refractivity contribution in [2.75, 3.05) is 12.9 Å². The molecule has 4 rings (SSSR count). The smallest absolute Gasteiger partial charge is 0.192 e. The number of carbonyl (C=O) groups excluding carboxylic acids is 1. The molecule has 0 spiro atoms. The van der Waals surface area contributed by atoms with Crippen LogP contribution >= 0.6 is 11.8 Å². The van der Waals surface area contributed by atoms with Gasteiger partial charge in [0.1, 0.15) is 11.5 Å². The van der Waals surface area contributed by atoms with Gasteiger partial charge in [0.25, 0.3) is 0 Å². The molecule has 0 fully saturated rings. The Hall–Kier alpha value is -3.32. The molecule has 0 saturated carbocycles. The predicted octanol–water partition coefficient (Wildman–Crippen LogP) is 4.57. The Balaban J connectivity index is 1.60. The van der Waals surface area contributed by atoms with Gasteiger partial charge in [-0.2, -0.15) is 0 Å². The maximum atomic E-state index is 12.7. The highest BCUT2D eigenvalue weighted by molar-refractivity contribution is 7.99. The molecule has 0 N–H and O–H groups in total. The molecule has 0 aliphatic carbocycles. The Morgan fingerprint density at radius 1 is 1.03 bits per heavy atom. The van der Waals surface area contributed by atoms with E-state index in [9.17, 15) is 4.79 Å². The van der Waals surface area contributed by atoms with E-state index in [0.29, 0.717) is 23.0 Å². The minimum Gasteiger partial charge on any atom is -0.496 e. The van der Waals surface area contributed by atoms with Crippen LogP contribution in [0.3, 0.4) is 0 Å². The molecular weight excluding hydrogens is 386 g/mol. The van der Waals surface area contributed by atoms with Gasteiger partial charge in [-0.1, -0.05) is 54.2 Å². The number of Topliss-reactive ketones (excluding diaryl/α,β-unsaturated/α-hetero) is 1. The van der Waals surface area contributed by atoms with E-state index in [4.69, 9.17) is 9.15 Å². The lowest BCUT2D eigenvalue weighted by Gasteiger charge is -2.09. The van der Waals surface area contributed by atoms with Gasteiger partial charge in [-0.3, -0.25) is 9.36 Å². The number of benzene rings is 2. The van der Waals surface area contributed by atoms with Crippen molar-refractivity contribution in [1.29, 1.82) is 0 Å². The van der Waals surface area contributed by atoms with Gasteiger partial charge in [-0.25, -0.2) is 0 Å². The molecule has 4 aromatic rings. The van der Waals surface area contributed by atoms with Crippen molar-refractivity contribution >= 4 is 17.5 Å². The van der Waals surface area contributed by atoms with Crippen LogP contribution in [0.5, 0.6) is 5.75 Å². The van der Waals surface area contributed by atoms with E-state index in [0.717, 1.165) is 17.1 Å². The molecule has 0 unspecified atom stereocenters. The number of para-hydroxylation sites is 1. The third-order valence-corrected chi connectivity index (χ3v) is 5.35. The number of aromatic nitrogens is 3. The zero-order chi connectivity index (χ0) is 20.1. The topological polar surface area (TPSA) is 70.2 Å². The summed E-state index contributed by atoms with van der Waals surface area (Å²) >= 11 is 1.35. The molecule has 0 amide bonds. The minimum absolute atomic E-state index is 0.0266. The number of ether oxygens (including phenoxy) is 1. The number of carbonyl (C=O) groups is 1. The van der Waals surface area contributed by atoms with Crippen LogP contribution in [-0.4, -0.2) is 33.4 Å². The molecule has 7 heteroatoms. The number of hydrogen-bond acceptors (Lipinski definition) is 6. The van der Waals surface area contributed by atoms with E-state index in [-0.39, 0.29) is 11.5 Å². The number of thioether (sulfide) groups is 1. The molecule has 2 aromatic carbocycles. The number of rotatable bonds is 8. The first-order valence-corrected chi connectivity index (χ1v) is 10.0. The van der Waals surface area contributed by atoms with E-state index in [1.807, 2.05) is 59.2 Å². The Morgan fingerprint density at radius 2 is 1.83 bits per heavy atom. The third kappa shape index (κ3) is 4.25. The summed E-state index contributed by atoms with van der Waals surface area (Å²) < 4.78 is 12.8. The SMILES string of the molecule is COc1ccccc1C(=O)CSc1nnc(-c2ccccc2)n1Cc1ccco1. The van der Waals surface area contributed by atoms with Gasteiger partial charge in [0.2, 0.25) is 0 Å². The molecule has 0 aliphatic rings. The molecule has 2 heterocycles. The van der Waals surface area contributed by atoms with Gasteiger partial charge in [-0.05, 0) is 24.3 Å². The lowest BCUT2D eigenvalue weighted by Crippen LogP contribution is -2.07. The van der Waals surface area contributed by atoms with Gasteiger partial charge in [-0.15, -0.1) is 10.2 Å². The Morgan fingerprint density at radius 3 is 2.59 bits per heavy atom. The molecule has 146 valence electrons. The van der Waals surface area contributed by atoms with Crippen molar-refractivity contribution in [1.82, 2.24) is 14.8 Å². The number of nitrogens with zero attached hydrogens (tertiary/aromatic N) is 3. The molecule has 0 bridgehead atoms. The van der Waals surface area contributed by atoms with Crippen LogP contribution in [-0.2, 0) is 6.54 Å². The molecule has 2 aromatic heterocycles. The molecule has 29 heavy (non-hydrogen) atoms. The lowest BCUT2D eigenvalue weighted by atomic mass is 10.1. The largest absolute Gasteiger partial charge is 0.496 e. The summed E-state index contributed by atoms with van der Waals surface area (Å²) in [6.07, 6.45) is 1.64. The van der Waals surface area contributed by atoms with Crippen molar-refractivity contribution in [2.24, 2.45) is 0 Å². The van der Waals surface area contributed by atoms with Gasteiger partial charge in [0, 0.05) is 5.56 Å². The number of methoxy groups -OCH3 is 1. The van der Waals surface area contributed by atoms with Crippen LogP contribution in [0.1, 0.15) is 16.1 Å². The zero-order valence-corrected chi connectivity index (χ0v) is 16.6. The number of furan rings is 1. The Kier molecular flexibility index (Phi) is 5.76. The fourth-order valence-electron chi connectivity index (χ4n) is 2.98. The van der Waals surface area contributed by atoms with Gasteiger partial charge >= 0.3 is 0 Å². The van der Waals surface area contributed by atoms with Gasteiger partial charge in [0.15, 0.2) is 16.8 Å². The zero-order valence-electron chi connectivity index (χ0n) is 15.8. The monoisotopic (exact) mass is 405 g/mol. The van der Waals surface area contributed by atoms with Gasteiger partial charge < -0.3 is 9.15 Å². The number of ketones is 1. The summed E-state index contributed by atoms with van der Waals surface area (Å²) in [5.41, 5.74) is 1.51. The number of hydrogen-bond donors (Lipinski definition) is 0. The van der Waals surface area contributed by atoms with Crippen molar-refractivity contribution in [2.45, 2.75) is 11.7 Å². The lowest BCUT2D eigenvalue weighted by molar-refractivity contribution is 0.101. The summed E-state index contributed by atoms with van der Waals surface area (Å²) in [7, 11) is 1.56. The van der Waals surface area contributed by atoms with Crippen LogP contribution in [0.15, 0.2) is 82.6 Å². The van der Waals surface area contributed by atoms with Crippen LogP contribution in [0.25, 0.3) is 11.4 Å². The second kappa shape index (κ2) is 8.79. The molecule has 0 aliphatic heterocycles. The summed E-state index contributed by atoms with van der Waals surface area (Å²) in [5, 5.41) is 9.35. The summed E-state index contributed by atoms with van der Waals surface area (Å²) in [5.74, 6) is 2.29. The standard InChI is InChI=1S/C22H19N3O3S/c1-27-20-12-6-5-11-18(20)19(26)15-29-22-24-23-21(16-8-3-2-4-9-16)25(22)14-17-10-7-13-28-17/h2-13H,14-15H2,1H3. The molecule has 0 saturated heterocycles.